The van der Waals surface area contributed by atoms with Crippen LogP contribution in [0.5, 0.6) is 0 Å². The summed E-state index contributed by atoms with van der Waals surface area (Å²) in [5.41, 5.74) is 0. The van der Waals surface area contributed by atoms with Gasteiger partial charge in [0.05, 0.1) is 0 Å². The summed E-state index contributed by atoms with van der Waals surface area (Å²) in [4.78, 5) is 0. The van der Waals surface area contributed by atoms with E-state index < -0.39 is 0 Å². The summed E-state index contributed by atoms with van der Waals surface area (Å²) in [5, 5.41) is 0. The van der Waals surface area contributed by atoms with Crippen molar-refractivity contribution in [3.63, 3.8) is 0 Å². The molecule has 0 heterocycles. The van der Waals surface area contributed by atoms with Crippen LogP contribution in [0.15, 0.2) is 0 Å². The Bertz CT molecular complexity index is 0. The summed E-state index contributed by atoms with van der Waals surface area (Å²) in [6.45, 7) is 0. The third kappa shape index (κ3) is 263. The average Bonchev–Trinajstić information content (AvgIpc) is 0. The summed E-state index contributed by atoms with van der Waals surface area (Å²) in [7, 11) is 0. The zero-order valence-electron chi connectivity index (χ0n) is 18.5. The van der Waals surface area contributed by atoms with Crippen molar-refractivity contribution in [2.45, 2.75) is 0 Å². The van der Waals surface area contributed by atoms with Crippen LogP contribution in [0.1, 0.15) is 0 Å². The smallest absolute Gasteiger partial charge is 0 e. The van der Waals surface area contributed by atoms with E-state index in [0.717, 1.165) is 0 Å². The molecule has 0 amide bonds. The largest absolute Gasteiger partial charge is 0 e. The maximum absolute atomic E-state index is 0. The molecule has 37 heteroatoms. The summed E-state index contributed by atoms with van der Waals surface area (Å²) < 4.78 is 0. The molecule has 0 aromatic carbocycles. The predicted molar refractivity (Wildman–Crippen MR) is 0 cm³/mol. The Kier molecular flexibility index (Phi) is 2050. The summed E-state index contributed by atoms with van der Waals surface area (Å²) in [5.74, 6) is 0. The van der Waals surface area contributed by atoms with Crippen molar-refractivity contribution in [1.82, 2.24) is 0 Å². The van der Waals surface area contributed by atoms with Crippen molar-refractivity contribution < 1.29 is 1150 Å². The first-order valence-corrected chi connectivity index (χ1v) is 0. The molecule has 0 aliphatic carbocycles. The molecule has 0 bridgehead atoms. The molecule has 0 aromatic rings. The molecule has 0 unspecified atom stereocenters. The number of rotatable bonds is 0. The minimum atomic E-state index is 0. The molecule has 0 rings (SSSR count). The van der Waals surface area contributed by atoms with Crippen LogP contribution in [0.2, 0.25) is 0 Å². The minimum absolute atomic E-state index is 0. The first-order valence-electron chi connectivity index (χ1n) is 0. The van der Waals surface area contributed by atoms with Crippen molar-refractivity contribution in [2.24, 2.45) is 0 Å². The fourth-order valence-corrected chi connectivity index (χ4v) is 0. The summed E-state index contributed by atoms with van der Waals surface area (Å²) in [6, 6.07) is 0. The third-order valence-corrected chi connectivity index (χ3v) is 0. The molecular formula is U37. The molecule has 0 nitrogen and oxygen atoms in total. The zero-order chi connectivity index (χ0) is 0. The molecule has 0 aliphatic rings. The Morgan fingerprint density at radius 2 is 0.0270 bits per heavy atom. The number of hydrogen-bond donors (Lipinski definition) is 0. The molecule has 0 aliphatic heterocycles. The second-order valence-electron chi connectivity index (χ2n) is 0. The van der Waals surface area contributed by atoms with Crippen LogP contribution in [-0.4, -0.2) is 0 Å². The Morgan fingerprint density at radius 3 is 0.0270 bits per heavy atom. The monoisotopic (exact) mass is 8810 g/mol. The molecule has 0 radical (unpaired) electrons. The van der Waals surface area contributed by atoms with Crippen LogP contribution < -0.4 is 0 Å². The van der Waals surface area contributed by atoms with Crippen LogP contribution in [0.4, 0.5) is 0 Å². The zero-order valence-corrected chi connectivity index (χ0v) is 173. The van der Waals surface area contributed by atoms with Gasteiger partial charge in [-0.15, -0.1) is 0 Å². The fraction of sp³-hybridized carbons (Fsp3) is 0. The standard InChI is InChI=1S/37U. The first-order chi connectivity index (χ1) is 0. The van der Waals surface area contributed by atoms with Gasteiger partial charge in [-0.2, -0.15) is 0 Å². The Hall–Kier alpha value is 38.9. The minimum Gasteiger partial charge on any atom is 0 e. The van der Waals surface area contributed by atoms with Gasteiger partial charge in [0.1, 0.15) is 0 Å². The summed E-state index contributed by atoms with van der Waals surface area (Å²) in [6.07, 6.45) is 0. The second kappa shape index (κ2) is 270. The normalized spacial score (nSPS) is 0. The maximum atomic E-state index is 0. The van der Waals surface area contributed by atoms with E-state index >= 15 is 0 Å². The van der Waals surface area contributed by atoms with E-state index in [-0.39, 0.29) is 1150 Å². The van der Waals surface area contributed by atoms with Gasteiger partial charge in [-0.1, -0.05) is 0 Å². The second-order valence-corrected chi connectivity index (χ2v) is 0. The molecule has 0 saturated carbocycles. The van der Waals surface area contributed by atoms with Crippen molar-refractivity contribution in [3.8, 4) is 0 Å². The molecule has 0 spiro atoms. The molecule has 37 heavy (non-hydrogen) atoms. The van der Waals surface area contributed by atoms with Gasteiger partial charge in [0, 0.05) is 1150 Å². The van der Waals surface area contributed by atoms with Gasteiger partial charge in [-0.25, -0.2) is 0 Å². The van der Waals surface area contributed by atoms with Crippen molar-refractivity contribution in [1.29, 1.82) is 0 Å². The van der Waals surface area contributed by atoms with Gasteiger partial charge in [0.15, 0.2) is 0 Å². The Morgan fingerprint density at radius 1 is 0.0270 bits per heavy atom. The molecule has 0 saturated heterocycles. The van der Waals surface area contributed by atoms with Crippen LogP contribution in [-0.2, 0) is 0 Å². The van der Waals surface area contributed by atoms with Gasteiger partial charge in [-0.05, 0) is 0 Å². The first kappa shape index (κ1) is 281. The SMILES string of the molecule is [U].[U].[U].[U].[U].[U].[U].[U].[U].[U].[U].[U].[U].[U].[U].[U].[U].[U].[U].[U].[U].[U].[U].[U].[U].[U].[U].[U].[U].[U].[U].[U].[U].[U].[U].[U].[U]. The van der Waals surface area contributed by atoms with Crippen LogP contribution in [0, 0.1) is 1150 Å². The Labute approximate surface area is 1110 Å². The van der Waals surface area contributed by atoms with Gasteiger partial charge in [-0.3, -0.25) is 0 Å². The van der Waals surface area contributed by atoms with Gasteiger partial charge in [0.25, 0.3) is 0 Å². The van der Waals surface area contributed by atoms with E-state index in [1.807, 2.05) is 0 Å². The average molecular weight is 8810 g/mol. The van der Waals surface area contributed by atoms with E-state index in [9.17, 15) is 0 Å². The molecule has 0 aromatic heterocycles. The molecule has 148 valence electrons. The quantitative estimate of drug-likeness (QED) is 0.321. The molecular weight excluding hydrogens is 8810 g/mol. The van der Waals surface area contributed by atoms with E-state index in [1.54, 1.807) is 0 Å². The van der Waals surface area contributed by atoms with E-state index in [1.165, 1.54) is 0 Å². The van der Waals surface area contributed by atoms with Crippen molar-refractivity contribution >= 4 is 0 Å². The summed E-state index contributed by atoms with van der Waals surface area (Å²) >= 11 is 0. The van der Waals surface area contributed by atoms with Gasteiger partial charge in [0.2, 0.25) is 0 Å². The van der Waals surface area contributed by atoms with Crippen LogP contribution in [0.3, 0.4) is 0 Å². The van der Waals surface area contributed by atoms with Crippen molar-refractivity contribution in [2.75, 3.05) is 0 Å². The third-order valence-electron chi connectivity index (χ3n) is 0. The van der Waals surface area contributed by atoms with Crippen LogP contribution >= 0.6 is 0 Å². The topological polar surface area (TPSA) is 0 Å². The van der Waals surface area contributed by atoms with Crippen molar-refractivity contribution in [3.05, 3.63) is 0 Å². The fourth-order valence-electron chi connectivity index (χ4n) is 0. The predicted octanol–water partition coefficient (Wildman–Crippen LogP) is 0. The molecule has 0 N–H and O–H groups in total. The van der Waals surface area contributed by atoms with Crippen LogP contribution in [0.25, 0.3) is 0 Å². The maximum Gasteiger partial charge on any atom is 0 e. The van der Waals surface area contributed by atoms with Gasteiger partial charge >= 0.3 is 0 Å². The van der Waals surface area contributed by atoms with E-state index in [4.69, 9.17) is 0 Å². The van der Waals surface area contributed by atoms with E-state index in [2.05, 4.69) is 0 Å². The molecule has 0 atom stereocenters. The van der Waals surface area contributed by atoms with Gasteiger partial charge < -0.3 is 0 Å². The number of hydrogen-bond acceptors (Lipinski definition) is 0. The van der Waals surface area contributed by atoms with E-state index in [0.29, 0.717) is 0 Å². The molecule has 0 fully saturated rings. The Balaban J connectivity index is 0.